The van der Waals surface area contributed by atoms with Gasteiger partial charge in [-0.2, -0.15) is 0 Å². The summed E-state index contributed by atoms with van der Waals surface area (Å²) in [5, 5.41) is 16.4. The molecule has 2 aromatic rings. The smallest absolute Gasteiger partial charge is 0.324 e. The number of rotatable bonds is 4. The summed E-state index contributed by atoms with van der Waals surface area (Å²) in [5.41, 5.74) is 1.06. The van der Waals surface area contributed by atoms with Crippen molar-refractivity contribution in [3.8, 4) is 0 Å². The molecule has 4 amide bonds. The number of anilines is 1. The van der Waals surface area contributed by atoms with Crippen LogP contribution >= 0.6 is 0 Å². The minimum atomic E-state index is -1.13. The number of carbonyl (C=O) groups is 3. The highest BCUT2D eigenvalue weighted by Crippen LogP contribution is 2.41. The molecule has 1 unspecified atom stereocenters. The molecule has 1 saturated heterocycles. The van der Waals surface area contributed by atoms with Gasteiger partial charge in [-0.1, -0.05) is 30.3 Å². The van der Waals surface area contributed by atoms with E-state index in [0.29, 0.717) is 18.4 Å². The number of nitrogens with one attached hydrogen (secondary N) is 2. The molecule has 9 nitrogen and oxygen atoms in total. The van der Waals surface area contributed by atoms with Crippen LogP contribution in [0.5, 0.6) is 0 Å². The predicted octanol–water partition coefficient (Wildman–Crippen LogP) is 2.24. The maximum atomic E-state index is 13.1. The number of aryl methyl sites for hydroxylation is 1. The molecule has 2 N–H and O–H groups in total. The van der Waals surface area contributed by atoms with Crippen LogP contribution in [0.1, 0.15) is 23.1 Å². The molecule has 2 aliphatic rings. The molecule has 9 heteroatoms. The molecular weight excluding hydrogens is 376 g/mol. The fourth-order valence-corrected chi connectivity index (χ4v) is 4.02. The molecule has 1 fully saturated rings. The Kier molecular flexibility index (Phi) is 4.30. The van der Waals surface area contributed by atoms with Crippen LogP contribution in [0.4, 0.5) is 16.2 Å². The van der Waals surface area contributed by atoms with Crippen LogP contribution in [0.3, 0.4) is 0 Å². The highest BCUT2D eigenvalue weighted by Gasteiger charge is 2.55. The first kappa shape index (κ1) is 18.6. The molecule has 0 bridgehead atoms. The molecule has 1 aliphatic carbocycles. The summed E-state index contributed by atoms with van der Waals surface area (Å²) >= 11 is 0. The molecular formula is C20H18N4O5. The number of amides is 4. The largest absolute Gasteiger partial charge is 0.325 e. The van der Waals surface area contributed by atoms with Crippen molar-refractivity contribution in [1.82, 2.24) is 10.2 Å². The first-order valence-corrected chi connectivity index (χ1v) is 9.10. The second-order valence-corrected chi connectivity index (χ2v) is 7.14. The Labute approximate surface area is 165 Å². The van der Waals surface area contributed by atoms with E-state index in [0.717, 1.165) is 16.0 Å². The Morgan fingerprint density at radius 3 is 2.76 bits per heavy atom. The number of fused-ring (bicyclic) bond motifs is 2. The van der Waals surface area contributed by atoms with E-state index < -0.39 is 34.9 Å². The number of nitro benzene ring substituents is 1. The number of urea groups is 1. The van der Waals surface area contributed by atoms with Gasteiger partial charge in [0.1, 0.15) is 12.1 Å². The Balaban J connectivity index is 1.53. The fourth-order valence-electron chi connectivity index (χ4n) is 4.02. The normalized spacial score (nSPS) is 20.0. The molecule has 0 radical (unpaired) electrons. The fraction of sp³-hybridized carbons (Fsp3) is 0.250. The lowest BCUT2D eigenvalue weighted by Crippen LogP contribution is -2.43. The molecule has 0 aromatic heterocycles. The summed E-state index contributed by atoms with van der Waals surface area (Å²) in [6, 6.07) is 11.1. The summed E-state index contributed by atoms with van der Waals surface area (Å²) in [6.45, 7) is 1.04. The van der Waals surface area contributed by atoms with Gasteiger partial charge in [-0.15, -0.1) is 0 Å². The van der Waals surface area contributed by atoms with Gasteiger partial charge >= 0.3 is 6.03 Å². The molecule has 1 spiro atoms. The van der Waals surface area contributed by atoms with Gasteiger partial charge in [0.15, 0.2) is 0 Å². The van der Waals surface area contributed by atoms with Gasteiger partial charge in [0, 0.05) is 6.07 Å². The third-order valence-electron chi connectivity index (χ3n) is 5.50. The van der Waals surface area contributed by atoms with Gasteiger partial charge in [-0.25, -0.2) is 4.79 Å². The SMILES string of the molecule is Cc1c(NC(=O)CN2C(=O)NC3(CCc4ccccc43)C2=O)cccc1[N+](=O)[O-]. The maximum Gasteiger partial charge on any atom is 0.325 e. The molecule has 148 valence electrons. The highest BCUT2D eigenvalue weighted by molar-refractivity contribution is 6.11. The number of imide groups is 1. The summed E-state index contributed by atoms with van der Waals surface area (Å²) in [4.78, 5) is 49.5. The van der Waals surface area contributed by atoms with Crippen molar-refractivity contribution >= 4 is 29.2 Å². The zero-order valence-corrected chi connectivity index (χ0v) is 15.6. The standard InChI is InChI=1S/C20H18N4O5/c1-12-15(7-4-8-16(12)24(28)29)21-17(25)11-23-18(26)20(22-19(23)27)10-9-13-5-2-3-6-14(13)20/h2-8H,9-11H2,1H3,(H,21,25)(H,22,27). The van der Waals surface area contributed by atoms with E-state index in [4.69, 9.17) is 0 Å². The molecule has 29 heavy (non-hydrogen) atoms. The number of carbonyl (C=O) groups excluding carboxylic acids is 3. The van der Waals surface area contributed by atoms with E-state index in [1.165, 1.54) is 25.1 Å². The molecule has 2 aromatic carbocycles. The zero-order chi connectivity index (χ0) is 20.8. The number of nitro groups is 1. The third-order valence-corrected chi connectivity index (χ3v) is 5.50. The molecule has 0 saturated carbocycles. The van der Waals surface area contributed by atoms with Gasteiger partial charge in [0.2, 0.25) is 5.91 Å². The minimum Gasteiger partial charge on any atom is -0.324 e. The van der Waals surface area contributed by atoms with Gasteiger partial charge in [-0.3, -0.25) is 24.6 Å². The molecule has 1 heterocycles. The van der Waals surface area contributed by atoms with Crippen LogP contribution in [0, 0.1) is 17.0 Å². The van der Waals surface area contributed by atoms with E-state index in [-0.39, 0.29) is 11.4 Å². The molecule has 1 atom stereocenters. The summed E-state index contributed by atoms with van der Waals surface area (Å²) in [6.07, 6.45) is 1.11. The predicted molar refractivity (Wildman–Crippen MR) is 103 cm³/mol. The topological polar surface area (TPSA) is 122 Å². The number of nitrogens with zero attached hydrogens (tertiary/aromatic N) is 2. The third kappa shape index (κ3) is 2.91. The maximum absolute atomic E-state index is 13.1. The van der Waals surface area contributed by atoms with Crippen LogP contribution in [-0.2, 0) is 21.5 Å². The van der Waals surface area contributed by atoms with Gasteiger partial charge in [-0.05, 0) is 37.0 Å². The van der Waals surface area contributed by atoms with Gasteiger partial charge in [0.25, 0.3) is 11.6 Å². The van der Waals surface area contributed by atoms with Crippen molar-refractivity contribution in [3.05, 3.63) is 69.3 Å². The number of hydrogen-bond donors (Lipinski definition) is 2. The lowest BCUT2D eigenvalue weighted by Gasteiger charge is -2.22. The summed E-state index contributed by atoms with van der Waals surface area (Å²) in [5.74, 6) is -1.07. The summed E-state index contributed by atoms with van der Waals surface area (Å²) < 4.78 is 0. The summed E-state index contributed by atoms with van der Waals surface area (Å²) in [7, 11) is 0. The lowest BCUT2D eigenvalue weighted by molar-refractivity contribution is -0.385. The van der Waals surface area contributed by atoms with E-state index >= 15 is 0 Å². The van der Waals surface area contributed by atoms with Crippen molar-refractivity contribution in [1.29, 1.82) is 0 Å². The zero-order valence-electron chi connectivity index (χ0n) is 15.6. The second-order valence-electron chi connectivity index (χ2n) is 7.14. The monoisotopic (exact) mass is 394 g/mol. The molecule has 1 aliphatic heterocycles. The second kappa shape index (κ2) is 6.69. The van der Waals surface area contributed by atoms with E-state index in [2.05, 4.69) is 10.6 Å². The van der Waals surface area contributed by atoms with Crippen LogP contribution < -0.4 is 10.6 Å². The molecule has 4 rings (SSSR count). The average Bonchev–Trinajstić information content (AvgIpc) is 3.17. The Morgan fingerprint density at radius 1 is 1.24 bits per heavy atom. The van der Waals surface area contributed by atoms with E-state index in [9.17, 15) is 24.5 Å². The van der Waals surface area contributed by atoms with Gasteiger partial charge < -0.3 is 10.6 Å². The quantitative estimate of drug-likeness (QED) is 0.468. The highest BCUT2D eigenvalue weighted by atomic mass is 16.6. The van der Waals surface area contributed by atoms with E-state index in [1.807, 2.05) is 24.3 Å². The Hall–Kier alpha value is -3.75. The Bertz CT molecular complexity index is 1070. The van der Waals surface area contributed by atoms with Crippen molar-refractivity contribution < 1.29 is 19.3 Å². The first-order valence-electron chi connectivity index (χ1n) is 9.10. The van der Waals surface area contributed by atoms with Crippen molar-refractivity contribution in [2.24, 2.45) is 0 Å². The Morgan fingerprint density at radius 2 is 2.00 bits per heavy atom. The van der Waals surface area contributed by atoms with Crippen molar-refractivity contribution in [3.63, 3.8) is 0 Å². The minimum absolute atomic E-state index is 0.126. The van der Waals surface area contributed by atoms with Crippen molar-refractivity contribution in [2.75, 3.05) is 11.9 Å². The lowest BCUT2D eigenvalue weighted by atomic mass is 9.92. The average molecular weight is 394 g/mol. The van der Waals surface area contributed by atoms with Crippen LogP contribution in [0.2, 0.25) is 0 Å². The number of hydrogen-bond acceptors (Lipinski definition) is 5. The van der Waals surface area contributed by atoms with Gasteiger partial charge in [0.05, 0.1) is 16.2 Å². The van der Waals surface area contributed by atoms with Crippen LogP contribution in [-0.4, -0.2) is 34.2 Å². The first-order chi connectivity index (χ1) is 13.8. The number of benzene rings is 2. The van der Waals surface area contributed by atoms with Crippen LogP contribution in [0.25, 0.3) is 0 Å². The van der Waals surface area contributed by atoms with Crippen LogP contribution in [0.15, 0.2) is 42.5 Å². The van der Waals surface area contributed by atoms with E-state index in [1.54, 1.807) is 0 Å². The van der Waals surface area contributed by atoms with Crippen molar-refractivity contribution in [2.45, 2.75) is 25.3 Å².